The van der Waals surface area contributed by atoms with E-state index in [-0.39, 0.29) is 0 Å². The first-order chi connectivity index (χ1) is 11.2. The van der Waals surface area contributed by atoms with Crippen molar-refractivity contribution in [1.82, 2.24) is 0 Å². The fraction of sp³-hybridized carbons (Fsp3) is 0.650. The van der Waals surface area contributed by atoms with Gasteiger partial charge in [-0.2, -0.15) is 0 Å². The Balaban J connectivity index is 1.55. The molecule has 0 heterocycles. The van der Waals surface area contributed by atoms with Crippen molar-refractivity contribution in [3.05, 3.63) is 29.8 Å². The maximum atomic E-state index is 11.7. The maximum Gasteiger partial charge on any atom is 0.314 e. The highest BCUT2D eigenvalue weighted by atomic mass is 16.5. The first-order valence-corrected chi connectivity index (χ1v) is 9.17. The first-order valence-electron chi connectivity index (χ1n) is 9.17. The van der Waals surface area contributed by atoms with Gasteiger partial charge in [0.15, 0.2) is 0 Å². The third-order valence-electron chi connectivity index (χ3n) is 5.79. The van der Waals surface area contributed by atoms with Crippen LogP contribution in [0.3, 0.4) is 0 Å². The van der Waals surface area contributed by atoms with E-state index in [0.717, 1.165) is 55.9 Å². The normalized spacial score (nSPS) is 21.2. The van der Waals surface area contributed by atoms with Crippen LogP contribution in [0.15, 0.2) is 24.3 Å². The molecule has 2 aliphatic rings. The van der Waals surface area contributed by atoms with E-state index in [4.69, 9.17) is 4.74 Å². The third kappa shape index (κ3) is 3.70. The number of rotatable bonds is 6. The molecule has 0 aromatic heterocycles. The minimum atomic E-state index is -0.680. The summed E-state index contributed by atoms with van der Waals surface area (Å²) in [6.07, 6.45) is 11.5. The summed E-state index contributed by atoms with van der Waals surface area (Å²) in [4.78, 5) is 11.7. The highest BCUT2D eigenvalue weighted by Crippen LogP contribution is 2.41. The molecule has 23 heavy (non-hydrogen) atoms. The van der Waals surface area contributed by atoms with Crippen LogP contribution >= 0.6 is 0 Å². The molecular weight excluding hydrogens is 288 g/mol. The molecule has 2 aliphatic carbocycles. The van der Waals surface area contributed by atoms with Crippen LogP contribution in [-0.4, -0.2) is 17.7 Å². The van der Waals surface area contributed by atoms with Crippen molar-refractivity contribution in [1.29, 1.82) is 0 Å². The van der Waals surface area contributed by atoms with Crippen LogP contribution < -0.4 is 4.74 Å². The fourth-order valence-electron chi connectivity index (χ4n) is 4.29. The van der Waals surface area contributed by atoms with E-state index in [2.05, 4.69) is 0 Å². The zero-order valence-electron chi connectivity index (χ0n) is 13.9. The molecule has 0 atom stereocenters. The number of carboxylic acids is 1. The Labute approximate surface area is 139 Å². The summed E-state index contributed by atoms with van der Waals surface area (Å²) >= 11 is 0. The van der Waals surface area contributed by atoms with E-state index in [1.54, 1.807) is 0 Å². The predicted molar refractivity (Wildman–Crippen MR) is 90.9 cm³/mol. The van der Waals surface area contributed by atoms with Crippen molar-refractivity contribution in [2.45, 2.75) is 69.6 Å². The number of carboxylic acid groups (broad SMARTS) is 1. The number of hydrogen-bond acceptors (Lipinski definition) is 2. The van der Waals surface area contributed by atoms with Gasteiger partial charge in [0, 0.05) is 0 Å². The standard InChI is InChI=1S/C20H28O3/c21-19(22)20(13-4-5-14-20)17-8-10-18(11-9-17)23-15-12-16-6-2-1-3-7-16/h8-11,16H,1-7,12-15H2,(H,21,22). The molecule has 126 valence electrons. The van der Waals surface area contributed by atoms with Crippen molar-refractivity contribution in [3.63, 3.8) is 0 Å². The molecule has 1 aromatic rings. The quantitative estimate of drug-likeness (QED) is 0.809. The summed E-state index contributed by atoms with van der Waals surface area (Å²) in [6, 6.07) is 7.79. The molecule has 0 radical (unpaired) electrons. The number of ether oxygens (including phenoxy) is 1. The summed E-state index contributed by atoms with van der Waals surface area (Å²) < 4.78 is 5.87. The van der Waals surface area contributed by atoms with Gasteiger partial charge in [0.1, 0.15) is 5.75 Å². The van der Waals surface area contributed by atoms with Crippen LogP contribution in [0.1, 0.15) is 69.8 Å². The smallest absolute Gasteiger partial charge is 0.314 e. The van der Waals surface area contributed by atoms with E-state index >= 15 is 0 Å². The largest absolute Gasteiger partial charge is 0.494 e. The van der Waals surface area contributed by atoms with Crippen LogP contribution in [0, 0.1) is 5.92 Å². The van der Waals surface area contributed by atoms with Gasteiger partial charge in [0.25, 0.3) is 0 Å². The Bertz CT molecular complexity index is 508. The first kappa shape index (κ1) is 16.4. The lowest BCUT2D eigenvalue weighted by Crippen LogP contribution is -2.32. The topological polar surface area (TPSA) is 46.5 Å². The van der Waals surface area contributed by atoms with Gasteiger partial charge in [-0.25, -0.2) is 0 Å². The molecule has 2 saturated carbocycles. The molecule has 0 aliphatic heterocycles. The molecular formula is C20H28O3. The second kappa shape index (κ2) is 7.37. The Morgan fingerprint density at radius 3 is 2.30 bits per heavy atom. The van der Waals surface area contributed by atoms with Crippen LogP contribution in [0.25, 0.3) is 0 Å². The fourth-order valence-corrected chi connectivity index (χ4v) is 4.29. The van der Waals surface area contributed by atoms with Crippen molar-refractivity contribution in [2.24, 2.45) is 5.92 Å². The molecule has 1 aromatic carbocycles. The Kier molecular flexibility index (Phi) is 5.24. The molecule has 0 spiro atoms. The SMILES string of the molecule is O=C(O)C1(c2ccc(OCCC3CCCCC3)cc2)CCCC1. The molecule has 3 rings (SSSR count). The van der Waals surface area contributed by atoms with Crippen molar-refractivity contribution < 1.29 is 14.6 Å². The average Bonchev–Trinajstić information content (AvgIpc) is 3.08. The van der Waals surface area contributed by atoms with Gasteiger partial charge < -0.3 is 9.84 Å². The molecule has 0 unspecified atom stereocenters. The lowest BCUT2D eigenvalue weighted by atomic mass is 9.79. The number of hydrogen-bond donors (Lipinski definition) is 1. The molecule has 0 bridgehead atoms. The Morgan fingerprint density at radius 2 is 1.70 bits per heavy atom. The van der Waals surface area contributed by atoms with Crippen molar-refractivity contribution in [3.8, 4) is 5.75 Å². The number of carbonyl (C=O) groups is 1. The van der Waals surface area contributed by atoms with Crippen LogP contribution in [-0.2, 0) is 10.2 Å². The minimum Gasteiger partial charge on any atom is -0.494 e. The van der Waals surface area contributed by atoms with Gasteiger partial charge in [0.05, 0.1) is 12.0 Å². The van der Waals surface area contributed by atoms with Crippen LogP contribution in [0.4, 0.5) is 0 Å². The van der Waals surface area contributed by atoms with E-state index in [0.29, 0.717) is 0 Å². The van der Waals surface area contributed by atoms with Crippen molar-refractivity contribution >= 4 is 5.97 Å². The summed E-state index contributed by atoms with van der Waals surface area (Å²) in [5, 5.41) is 9.64. The second-order valence-electron chi connectivity index (χ2n) is 7.26. The molecule has 0 amide bonds. The summed E-state index contributed by atoms with van der Waals surface area (Å²) in [5.74, 6) is 1.01. The predicted octanol–water partition coefficient (Wildman–Crippen LogP) is 4.93. The molecule has 3 nitrogen and oxygen atoms in total. The van der Waals surface area contributed by atoms with Gasteiger partial charge >= 0.3 is 5.97 Å². The molecule has 2 fully saturated rings. The lowest BCUT2D eigenvalue weighted by molar-refractivity contribution is -0.143. The number of benzene rings is 1. The van der Waals surface area contributed by atoms with Gasteiger partial charge in [-0.1, -0.05) is 57.1 Å². The van der Waals surface area contributed by atoms with Gasteiger partial charge in [0.2, 0.25) is 0 Å². The van der Waals surface area contributed by atoms with Crippen molar-refractivity contribution in [2.75, 3.05) is 6.61 Å². The van der Waals surface area contributed by atoms with Crippen LogP contribution in [0.5, 0.6) is 5.75 Å². The number of aliphatic carboxylic acids is 1. The van der Waals surface area contributed by atoms with E-state index in [9.17, 15) is 9.90 Å². The lowest BCUT2D eigenvalue weighted by Gasteiger charge is -2.24. The van der Waals surface area contributed by atoms with Gasteiger partial charge in [-0.15, -0.1) is 0 Å². The van der Waals surface area contributed by atoms with E-state index < -0.39 is 11.4 Å². The second-order valence-corrected chi connectivity index (χ2v) is 7.26. The molecule has 3 heteroatoms. The third-order valence-corrected chi connectivity index (χ3v) is 5.79. The maximum absolute atomic E-state index is 11.7. The monoisotopic (exact) mass is 316 g/mol. The summed E-state index contributed by atoms with van der Waals surface area (Å²) in [6.45, 7) is 0.772. The Hall–Kier alpha value is -1.51. The van der Waals surface area contributed by atoms with Gasteiger partial charge in [-0.3, -0.25) is 4.79 Å². The summed E-state index contributed by atoms with van der Waals surface area (Å²) in [7, 11) is 0. The Morgan fingerprint density at radius 1 is 1.04 bits per heavy atom. The zero-order valence-corrected chi connectivity index (χ0v) is 13.9. The minimum absolute atomic E-state index is 0.666. The highest BCUT2D eigenvalue weighted by Gasteiger charge is 2.42. The summed E-state index contributed by atoms with van der Waals surface area (Å²) in [5.41, 5.74) is 0.266. The van der Waals surface area contributed by atoms with Gasteiger partial charge in [-0.05, 0) is 42.9 Å². The highest BCUT2D eigenvalue weighted by molar-refractivity contribution is 5.81. The molecule has 1 N–H and O–H groups in total. The van der Waals surface area contributed by atoms with E-state index in [1.165, 1.54) is 32.1 Å². The van der Waals surface area contributed by atoms with Crippen LogP contribution in [0.2, 0.25) is 0 Å². The average molecular weight is 316 g/mol. The van der Waals surface area contributed by atoms with E-state index in [1.807, 2.05) is 24.3 Å². The molecule has 0 saturated heterocycles. The zero-order chi connectivity index (χ0) is 16.1.